The number of sulfone groups is 1. The van der Waals surface area contributed by atoms with Crippen LogP contribution in [0.25, 0.3) is 11.1 Å². The Morgan fingerprint density at radius 1 is 1.24 bits per heavy atom. The second-order valence-electron chi connectivity index (χ2n) is 3.59. The third-order valence-electron chi connectivity index (χ3n) is 2.37. The minimum Gasteiger partial charge on any atom is -0.496 e. The first-order valence-corrected chi connectivity index (χ1v) is 6.80. The Balaban J connectivity index is 2.66. The third-order valence-corrected chi connectivity index (χ3v) is 3.43. The van der Waals surface area contributed by atoms with Crippen LogP contribution in [0.2, 0.25) is 0 Å². The molecule has 1 heterocycles. The monoisotopic (exact) mass is 252 g/mol. The number of benzene rings is 1. The molecule has 0 saturated heterocycles. The summed E-state index contributed by atoms with van der Waals surface area (Å²) in [7, 11) is -1.80. The predicted molar refractivity (Wildman–Crippen MR) is 63.7 cm³/mol. The Morgan fingerprint density at radius 3 is 2.59 bits per heavy atom. The molecule has 2 rings (SSSR count). The number of methoxy groups -OCH3 is 1. The lowest BCUT2D eigenvalue weighted by Crippen LogP contribution is -2.00. The molecule has 0 aliphatic heterocycles. The molecule has 2 aromatic rings. The van der Waals surface area contributed by atoms with Crippen LogP contribution in [0, 0.1) is 0 Å². The van der Waals surface area contributed by atoms with Crippen molar-refractivity contribution in [3.8, 4) is 16.9 Å². The number of para-hydroxylation sites is 1. The number of nitrogens with one attached hydrogen (secondary N) is 1. The van der Waals surface area contributed by atoms with E-state index in [1.165, 1.54) is 6.20 Å². The van der Waals surface area contributed by atoms with E-state index in [-0.39, 0.29) is 5.03 Å². The van der Waals surface area contributed by atoms with Gasteiger partial charge in [-0.05, 0) is 6.07 Å². The highest BCUT2D eigenvalue weighted by molar-refractivity contribution is 7.90. The number of aromatic nitrogens is 2. The van der Waals surface area contributed by atoms with E-state index in [1.807, 2.05) is 12.1 Å². The smallest absolute Gasteiger partial charge is 0.192 e. The number of H-pyrrole nitrogens is 1. The number of ether oxygens (including phenoxy) is 1. The van der Waals surface area contributed by atoms with Gasteiger partial charge in [0.1, 0.15) is 5.75 Å². The van der Waals surface area contributed by atoms with Gasteiger partial charge in [-0.25, -0.2) is 8.42 Å². The van der Waals surface area contributed by atoms with Gasteiger partial charge in [0.25, 0.3) is 0 Å². The average Bonchev–Trinajstić information content (AvgIpc) is 2.77. The normalized spacial score (nSPS) is 11.4. The lowest BCUT2D eigenvalue weighted by atomic mass is 10.1. The fourth-order valence-electron chi connectivity index (χ4n) is 1.62. The van der Waals surface area contributed by atoms with Crippen molar-refractivity contribution in [2.24, 2.45) is 0 Å². The fraction of sp³-hybridized carbons (Fsp3) is 0.182. The van der Waals surface area contributed by atoms with Gasteiger partial charge in [-0.15, -0.1) is 0 Å². The summed E-state index contributed by atoms with van der Waals surface area (Å²) in [6.07, 6.45) is 2.62. The van der Waals surface area contributed by atoms with Crippen molar-refractivity contribution in [3.63, 3.8) is 0 Å². The molecule has 90 valence electrons. The van der Waals surface area contributed by atoms with Crippen LogP contribution >= 0.6 is 0 Å². The van der Waals surface area contributed by atoms with Crippen LogP contribution < -0.4 is 4.74 Å². The zero-order chi connectivity index (χ0) is 12.5. The van der Waals surface area contributed by atoms with Crippen molar-refractivity contribution in [1.82, 2.24) is 10.2 Å². The summed E-state index contributed by atoms with van der Waals surface area (Å²) in [6, 6.07) is 7.20. The largest absolute Gasteiger partial charge is 0.496 e. The second-order valence-corrected chi connectivity index (χ2v) is 5.54. The van der Waals surface area contributed by atoms with Crippen molar-refractivity contribution in [3.05, 3.63) is 30.5 Å². The average molecular weight is 252 g/mol. The molecule has 0 aliphatic rings. The Labute approximate surface area is 99.4 Å². The molecule has 0 bridgehead atoms. The van der Waals surface area contributed by atoms with E-state index in [0.29, 0.717) is 16.9 Å². The van der Waals surface area contributed by atoms with Crippen molar-refractivity contribution in [2.75, 3.05) is 13.4 Å². The second kappa shape index (κ2) is 4.21. The Kier molecular flexibility index (Phi) is 2.89. The molecule has 0 aliphatic carbocycles. The van der Waals surface area contributed by atoms with E-state index in [9.17, 15) is 8.42 Å². The summed E-state index contributed by atoms with van der Waals surface area (Å²) in [5, 5.41) is 6.38. The van der Waals surface area contributed by atoms with Crippen LogP contribution in [0.1, 0.15) is 0 Å². The van der Waals surface area contributed by atoms with Crippen LogP contribution in [0.4, 0.5) is 0 Å². The molecule has 0 unspecified atom stereocenters. The molecule has 5 nitrogen and oxygen atoms in total. The Bertz CT molecular complexity index is 632. The van der Waals surface area contributed by atoms with Gasteiger partial charge in [0.2, 0.25) is 0 Å². The topological polar surface area (TPSA) is 72.0 Å². The van der Waals surface area contributed by atoms with E-state index in [4.69, 9.17) is 4.74 Å². The van der Waals surface area contributed by atoms with Crippen molar-refractivity contribution in [1.29, 1.82) is 0 Å². The van der Waals surface area contributed by atoms with E-state index in [2.05, 4.69) is 10.2 Å². The Hall–Kier alpha value is -1.82. The standard InChI is InChI=1S/C11H12N2O3S/c1-16-10-6-4-3-5-8(10)9-7-12-13-11(9)17(2,14)15/h3-7H,1-2H3,(H,12,13). The van der Waals surface area contributed by atoms with E-state index < -0.39 is 9.84 Å². The van der Waals surface area contributed by atoms with Crippen LogP contribution in [-0.2, 0) is 9.84 Å². The molecule has 17 heavy (non-hydrogen) atoms. The van der Waals surface area contributed by atoms with Gasteiger partial charge < -0.3 is 4.74 Å². The summed E-state index contributed by atoms with van der Waals surface area (Å²) in [6.45, 7) is 0. The minimum absolute atomic E-state index is 0.0991. The lowest BCUT2D eigenvalue weighted by Gasteiger charge is -2.07. The quantitative estimate of drug-likeness (QED) is 0.898. The first-order chi connectivity index (χ1) is 8.04. The van der Waals surface area contributed by atoms with Crippen LogP contribution in [0.5, 0.6) is 5.75 Å². The van der Waals surface area contributed by atoms with Gasteiger partial charge in [-0.1, -0.05) is 18.2 Å². The van der Waals surface area contributed by atoms with Gasteiger partial charge in [0.15, 0.2) is 14.9 Å². The molecule has 0 radical (unpaired) electrons. The lowest BCUT2D eigenvalue weighted by molar-refractivity contribution is 0.416. The van der Waals surface area contributed by atoms with Crippen LogP contribution in [0.3, 0.4) is 0 Å². The first kappa shape index (κ1) is 11.7. The maximum absolute atomic E-state index is 11.6. The summed E-state index contributed by atoms with van der Waals surface area (Å²) >= 11 is 0. The summed E-state index contributed by atoms with van der Waals surface area (Å²) in [4.78, 5) is 0. The molecule has 0 saturated carbocycles. The third kappa shape index (κ3) is 2.16. The predicted octanol–water partition coefficient (Wildman–Crippen LogP) is 1.49. The van der Waals surface area contributed by atoms with E-state index in [0.717, 1.165) is 6.26 Å². The molecule has 1 N–H and O–H groups in total. The molecule has 6 heteroatoms. The first-order valence-electron chi connectivity index (χ1n) is 4.91. The van der Waals surface area contributed by atoms with E-state index in [1.54, 1.807) is 19.2 Å². The highest BCUT2D eigenvalue weighted by Gasteiger charge is 2.19. The summed E-state index contributed by atoms with van der Waals surface area (Å²) in [5.74, 6) is 0.610. The highest BCUT2D eigenvalue weighted by atomic mass is 32.2. The minimum atomic E-state index is -3.34. The molecule has 1 aromatic carbocycles. The zero-order valence-corrected chi connectivity index (χ0v) is 10.3. The van der Waals surface area contributed by atoms with Gasteiger partial charge in [0, 0.05) is 17.4 Å². The van der Waals surface area contributed by atoms with Crippen LogP contribution in [0.15, 0.2) is 35.5 Å². The highest BCUT2D eigenvalue weighted by Crippen LogP contribution is 2.32. The van der Waals surface area contributed by atoms with Gasteiger partial charge in [-0.3, -0.25) is 5.10 Å². The molecule has 0 atom stereocenters. The molecule has 0 amide bonds. The maximum Gasteiger partial charge on any atom is 0.192 e. The fourth-order valence-corrected chi connectivity index (χ4v) is 2.40. The Morgan fingerprint density at radius 2 is 1.94 bits per heavy atom. The van der Waals surface area contributed by atoms with E-state index >= 15 is 0 Å². The summed E-state index contributed by atoms with van der Waals surface area (Å²) < 4.78 is 28.4. The number of aromatic amines is 1. The zero-order valence-electron chi connectivity index (χ0n) is 9.47. The number of hydrogen-bond acceptors (Lipinski definition) is 4. The van der Waals surface area contributed by atoms with Crippen LogP contribution in [-0.4, -0.2) is 32.0 Å². The number of rotatable bonds is 3. The van der Waals surface area contributed by atoms with Gasteiger partial charge in [-0.2, -0.15) is 5.10 Å². The van der Waals surface area contributed by atoms with Gasteiger partial charge in [0.05, 0.1) is 13.3 Å². The maximum atomic E-state index is 11.6. The molecule has 1 aromatic heterocycles. The SMILES string of the molecule is COc1ccccc1-c1cn[nH]c1S(C)(=O)=O. The van der Waals surface area contributed by atoms with Crippen molar-refractivity contribution < 1.29 is 13.2 Å². The number of hydrogen-bond donors (Lipinski definition) is 1. The molecule has 0 spiro atoms. The molecular weight excluding hydrogens is 240 g/mol. The van der Waals surface area contributed by atoms with Crippen molar-refractivity contribution in [2.45, 2.75) is 5.03 Å². The van der Waals surface area contributed by atoms with Gasteiger partial charge >= 0.3 is 0 Å². The van der Waals surface area contributed by atoms with Crippen molar-refractivity contribution >= 4 is 9.84 Å². The molecule has 0 fully saturated rings. The molecular formula is C11H12N2O3S. The number of nitrogens with zero attached hydrogens (tertiary/aromatic N) is 1. The summed E-state index contributed by atoms with van der Waals surface area (Å²) in [5.41, 5.74) is 1.22.